The summed E-state index contributed by atoms with van der Waals surface area (Å²) >= 11 is 0. The number of hydrogen-bond donors (Lipinski definition) is 1. The summed E-state index contributed by atoms with van der Waals surface area (Å²) in [5, 5.41) is 16.2. The highest BCUT2D eigenvalue weighted by Gasteiger charge is 2.07. The molecule has 0 aliphatic heterocycles. The molecule has 0 spiro atoms. The Labute approximate surface area is 120 Å². The molecular weight excluding hydrogens is 252 g/mol. The fraction of sp³-hybridized carbons (Fsp3) is 0.643. The van der Waals surface area contributed by atoms with Crippen molar-refractivity contribution in [2.45, 2.75) is 60.3 Å². The number of aryl methyl sites for hydroxylation is 3. The Morgan fingerprint density at radius 3 is 2.55 bits per heavy atom. The fourth-order valence-corrected chi connectivity index (χ4v) is 2.04. The lowest BCUT2D eigenvalue weighted by molar-refractivity contribution is 0.481. The number of hydrogen-bond acceptors (Lipinski definition) is 4. The number of nitrogens with one attached hydrogen (secondary N) is 1. The average molecular weight is 276 g/mol. The second-order valence-corrected chi connectivity index (χ2v) is 5.53. The Hall–Kier alpha value is -1.69. The van der Waals surface area contributed by atoms with Crippen LogP contribution in [0.5, 0.6) is 0 Å². The zero-order valence-corrected chi connectivity index (χ0v) is 13.0. The van der Waals surface area contributed by atoms with Crippen molar-refractivity contribution >= 4 is 0 Å². The first-order valence-electron chi connectivity index (χ1n) is 7.10. The van der Waals surface area contributed by atoms with E-state index < -0.39 is 0 Å². The Morgan fingerprint density at radius 2 is 1.95 bits per heavy atom. The molecule has 0 aliphatic carbocycles. The number of rotatable bonds is 6. The van der Waals surface area contributed by atoms with Crippen LogP contribution >= 0.6 is 0 Å². The van der Waals surface area contributed by atoms with Crippen LogP contribution in [-0.2, 0) is 19.6 Å². The molecule has 0 bridgehead atoms. The minimum atomic E-state index is 0.456. The van der Waals surface area contributed by atoms with Crippen molar-refractivity contribution in [3.8, 4) is 0 Å². The minimum Gasteiger partial charge on any atom is -0.309 e. The molecule has 6 heteroatoms. The van der Waals surface area contributed by atoms with E-state index >= 15 is 0 Å². The molecule has 0 saturated heterocycles. The first-order valence-corrected chi connectivity index (χ1v) is 7.10. The fourth-order valence-electron chi connectivity index (χ4n) is 2.04. The lowest BCUT2D eigenvalue weighted by atomic mass is 10.2. The monoisotopic (exact) mass is 276 g/mol. The van der Waals surface area contributed by atoms with Crippen LogP contribution in [0.2, 0.25) is 0 Å². The predicted molar refractivity (Wildman–Crippen MR) is 78.4 cm³/mol. The Kier molecular flexibility index (Phi) is 4.54. The van der Waals surface area contributed by atoms with Crippen LogP contribution in [0.1, 0.15) is 36.5 Å². The van der Waals surface area contributed by atoms with Crippen LogP contribution in [0.25, 0.3) is 0 Å². The third-order valence-electron chi connectivity index (χ3n) is 3.56. The highest BCUT2D eigenvalue weighted by atomic mass is 15.4. The lowest BCUT2D eigenvalue weighted by Gasteiger charge is -2.05. The van der Waals surface area contributed by atoms with Gasteiger partial charge < -0.3 is 5.32 Å². The maximum absolute atomic E-state index is 4.53. The van der Waals surface area contributed by atoms with E-state index in [0.717, 1.165) is 31.0 Å². The summed E-state index contributed by atoms with van der Waals surface area (Å²) in [4.78, 5) is 0. The lowest BCUT2D eigenvalue weighted by Crippen LogP contribution is -2.21. The summed E-state index contributed by atoms with van der Waals surface area (Å²) in [6.07, 6.45) is 1.99. The molecule has 0 radical (unpaired) electrons. The van der Waals surface area contributed by atoms with Crippen molar-refractivity contribution < 1.29 is 0 Å². The smallest absolute Gasteiger partial charge is 0.0964 e. The summed E-state index contributed by atoms with van der Waals surface area (Å²) < 4.78 is 3.92. The topological polar surface area (TPSA) is 60.6 Å². The third-order valence-corrected chi connectivity index (χ3v) is 3.56. The molecule has 2 aromatic heterocycles. The molecule has 2 aromatic rings. The van der Waals surface area contributed by atoms with Crippen molar-refractivity contribution in [3.63, 3.8) is 0 Å². The van der Waals surface area contributed by atoms with Gasteiger partial charge in [0.05, 0.1) is 24.5 Å². The molecule has 0 aromatic carbocycles. The SMILES string of the molecule is Cc1nn(CCn2cc(CNC(C)C)nn2)c(C)c1C. The third kappa shape index (κ3) is 3.45. The quantitative estimate of drug-likeness (QED) is 0.870. The zero-order chi connectivity index (χ0) is 14.7. The van der Waals surface area contributed by atoms with Gasteiger partial charge in [-0.2, -0.15) is 5.10 Å². The first-order chi connectivity index (χ1) is 9.47. The Morgan fingerprint density at radius 1 is 1.20 bits per heavy atom. The molecular formula is C14H24N6. The van der Waals surface area contributed by atoms with E-state index in [1.54, 1.807) is 0 Å². The molecule has 20 heavy (non-hydrogen) atoms. The summed E-state index contributed by atoms with van der Waals surface area (Å²) in [7, 11) is 0. The first kappa shape index (κ1) is 14.7. The maximum Gasteiger partial charge on any atom is 0.0964 e. The molecule has 2 rings (SSSR count). The molecule has 0 atom stereocenters. The van der Waals surface area contributed by atoms with Crippen molar-refractivity contribution in [1.29, 1.82) is 0 Å². The van der Waals surface area contributed by atoms with Crippen molar-refractivity contribution in [2.75, 3.05) is 0 Å². The molecule has 0 fully saturated rings. The van der Waals surface area contributed by atoms with Gasteiger partial charge in [-0.25, -0.2) is 0 Å². The van der Waals surface area contributed by atoms with Gasteiger partial charge in [0.15, 0.2) is 0 Å². The van der Waals surface area contributed by atoms with Crippen LogP contribution in [0, 0.1) is 20.8 Å². The van der Waals surface area contributed by atoms with Gasteiger partial charge in [0.2, 0.25) is 0 Å². The molecule has 6 nitrogen and oxygen atoms in total. The van der Waals surface area contributed by atoms with Crippen molar-refractivity contribution in [3.05, 3.63) is 28.8 Å². The van der Waals surface area contributed by atoms with Gasteiger partial charge in [-0.3, -0.25) is 9.36 Å². The number of nitrogens with zero attached hydrogens (tertiary/aromatic N) is 5. The van der Waals surface area contributed by atoms with Gasteiger partial charge in [0, 0.05) is 24.5 Å². The normalized spacial score (nSPS) is 11.5. The zero-order valence-electron chi connectivity index (χ0n) is 13.0. The van der Waals surface area contributed by atoms with Gasteiger partial charge in [-0.15, -0.1) is 5.10 Å². The van der Waals surface area contributed by atoms with E-state index in [1.807, 2.05) is 22.5 Å². The van der Waals surface area contributed by atoms with Gasteiger partial charge >= 0.3 is 0 Å². The second-order valence-electron chi connectivity index (χ2n) is 5.53. The molecule has 1 N–H and O–H groups in total. The summed E-state index contributed by atoms with van der Waals surface area (Å²) in [6.45, 7) is 12.9. The maximum atomic E-state index is 4.53. The van der Waals surface area contributed by atoms with Crippen LogP contribution < -0.4 is 5.32 Å². The molecule has 0 amide bonds. The van der Waals surface area contributed by atoms with Crippen molar-refractivity contribution in [1.82, 2.24) is 30.1 Å². The van der Waals surface area contributed by atoms with E-state index in [4.69, 9.17) is 0 Å². The van der Waals surface area contributed by atoms with E-state index in [1.165, 1.54) is 11.3 Å². The molecule has 0 aliphatic rings. The predicted octanol–water partition coefficient (Wildman–Crippen LogP) is 1.60. The van der Waals surface area contributed by atoms with Crippen LogP contribution in [0.4, 0.5) is 0 Å². The average Bonchev–Trinajstić information content (AvgIpc) is 2.95. The molecule has 2 heterocycles. The van der Waals surface area contributed by atoms with E-state index in [2.05, 4.69) is 48.4 Å². The highest BCUT2D eigenvalue weighted by Crippen LogP contribution is 2.10. The van der Waals surface area contributed by atoms with Gasteiger partial charge in [0.1, 0.15) is 0 Å². The highest BCUT2D eigenvalue weighted by molar-refractivity contribution is 5.21. The van der Waals surface area contributed by atoms with E-state index in [-0.39, 0.29) is 0 Å². The second kappa shape index (κ2) is 6.17. The largest absolute Gasteiger partial charge is 0.309 e. The molecule has 0 unspecified atom stereocenters. The van der Waals surface area contributed by atoms with Crippen LogP contribution in [0.3, 0.4) is 0 Å². The minimum absolute atomic E-state index is 0.456. The Balaban J connectivity index is 1.92. The molecule has 0 saturated carbocycles. The van der Waals surface area contributed by atoms with Gasteiger partial charge in [-0.05, 0) is 26.3 Å². The van der Waals surface area contributed by atoms with Gasteiger partial charge in [0.25, 0.3) is 0 Å². The number of aromatic nitrogens is 5. The van der Waals surface area contributed by atoms with E-state index in [0.29, 0.717) is 6.04 Å². The molecule has 110 valence electrons. The van der Waals surface area contributed by atoms with Gasteiger partial charge in [-0.1, -0.05) is 19.1 Å². The van der Waals surface area contributed by atoms with Crippen molar-refractivity contribution in [2.24, 2.45) is 0 Å². The van der Waals surface area contributed by atoms with E-state index in [9.17, 15) is 0 Å². The van der Waals surface area contributed by atoms with Crippen LogP contribution in [-0.4, -0.2) is 30.8 Å². The Bertz CT molecular complexity index is 566. The summed E-state index contributed by atoms with van der Waals surface area (Å²) in [6, 6.07) is 0.456. The summed E-state index contributed by atoms with van der Waals surface area (Å²) in [5.41, 5.74) is 4.57. The standard InChI is InChI=1S/C14H24N6/c1-10(2)15-8-14-9-19(18-16-14)6-7-20-13(5)11(3)12(4)17-20/h9-10,15H,6-8H2,1-5H3. The summed E-state index contributed by atoms with van der Waals surface area (Å²) in [5.74, 6) is 0. The van der Waals surface area contributed by atoms with Crippen LogP contribution in [0.15, 0.2) is 6.20 Å².